The molecule has 0 spiro atoms. The molecule has 88 valence electrons. The summed E-state index contributed by atoms with van der Waals surface area (Å²) in [5, 5.41) is 0. The first kappa shape index (κ1) is 12.0. The van der Waals surface area contributed by atoms with E-state index < -0.39 is 0 Å². The zero-order valence-electron chi connectivity index (χ0n) is 9.42. The monoisotopic (exact) mass is 286 g/mol. The summed E-state index contributed by atoms with van der Waals surface area (Å²) in [6.45, 7) is 5.17. The summed E-state index contributed by atoms with van der Waals surface area (Å²) in [5.41, 5.74) is 1.05. The Morgan fingerprint density at radius 1 is 1.25 bits per heavy atom. The van der Waals surface area contributed by atoms with Gasteiger partial charge < -0.3 is 4.90 Å². The number of hydrogen-bond acceptors (Lipinski definition) is 2. The number of benzene rings is 1. The van der Waals surface area contributed by atoms with Gasteiger partial charge in [-0.3, -0.25) is 4.90 Å². The van der Waals surface area contributed by atoms with Gasteiger partial charge in [-0.1, -0.05) is 6.07 Å². The second-order valence-corrected chi connectivity index (χ2v) is 5.18. The highest BCUT2D eigenvalue weighted by atomic mass is 79.9. The Bertz CT molecular complexity index is 362. The van der Waals surface area contributed by atoms with Crippen LogP contribution in [0.4, 0.5) is 4.39 Å². The largest absolute Gasteiger partial charge is 0.304 e. The number of halogens is 2. The fraction of sp³-hybridized carbons (Fsp3) is 0.500. The molecule has 2 rings (SSSR count). The molecule has 1 aromatic carbocycles. The molecule has 0 atom stereocenters. The zero-order chi connectivity index (χ0) is 11.5. The van der Waals surface area contributed by atoms with Crippen LogP contribution in [0.15, 0.2) is 22.7 Å². The Labute approximate surface area is 104 Å². The van der Waals surface area contributed by atoms with Crippen LogP contribution < -0.4 is 0 Å². The van der Waals surface area contributed by atoms with Gasteiger partial charge in [-0.25, -0.2) is 4.39 Å². The van der Waals surface area contributed by atoms with Gasteiger partial charge in [0.1, 0.15) is 5.82 Å². The average Bonchev–Trinajstić information content (AvgIpc) is 2.27. The van der Waals surface area contributed by atoms with Crippen LogP contribution >= 0.6 is 15.9 Å². The van der Waals surface area contributed by atoms with Crippen LogP contribution in [0.3, 0.4) is 0 Å². The van der Waals surface area contributed by atoms with Gasteiger partial charge in [0.05, 0.1) is 4.47 Å². The van der Waals surface area contributed by atoms with Crippen molar-refractivity contribution in [1.82, 2.24) is 9.80 Å². The first-order valence-corrected chi connectivity index (χ1v) is 6.29. The van der Waals surface area contributed by atoms with Gasteiger partial charge in [0.15, 0.2) is 0 Å². The van der Waals surface area contributed by atoms with Gasteiger partial charge >= 0.3 is 0 Å². The number of likely N-dealkylation sites (N-methyl/N-ethyl adjacent to an activating group) is 1. The third kappa shape index (κ3) is 3.03. The first-order chi connectivity index (χ1) is 7.65. The average molecular weight is 287 g/mol. The van der Waals surface area contributed by atoms with Crippen molar-refractivity contribution in [3.8, 4) is 0 Å². The molecule has 4 heteroatoms. The van der Waals surface area contributed by atoms with Crippen molar-refractivity contribution in [2.24, 2.45) is 0 Å². The number of nitrogens with zero attached hydrogens (tertiary/aromatic N) is 2. The maximum absolute atomic E-state index is 13.3. The number of hydrogen-bond donors (Lipinski definition) is 0. The Morgan fingerprint density at radius 2 is 1.94 bits per heavy atom. The van der Waals surface area contributed by atoms with E-state index in [0.717, 1.165) is 38.3 Å². The highest BCUT2D eigenvalue weighted by Crippen LogP contribution is 2.17. The van der Waals surface area contributed by atoms with Crippen LogP contribution in [0.5, 0.6) is 0 Å². The normalized spacial score (nSPS) is 18.9. The van der Waals surface area contributed by atoms with Crippen molar-refractivity contribution >= 4 is 15.9 Å². The molecule has 1 heterocycles. The summed E-state index contributed by atoms with van der Waals surface area (Å²) in [7, 11) is 2.14. The SMILES string of the molecule is CN1CCN(Cc2ccc(Br)c(F)c2)CC1. The maximum atomic E-state index is 13.3. The second kappa shape index (κ2) is 5.25. The van der Waals surface area contributed by atoms with E-state index in [2.05, 4.69) is 32.8 Å². The van der Waals surface area contributed by atoms with Crippen LogP contribution in [0.1, 0.15) is 5.56 Å². The van der Waals surface area contributed by atoms with Crippen molar-refractivity contribution in [3.63, 3.8) is 0 Å². The Morgan fingerprint density at radius 3 is 2.56 bits per heavy atom. The van der Waals surface area contributed by atoms with Crippen molar-refractivity contribution in [2.75, 3.05) is 33.2 Å². The summed E-state index contributed by atoms with van der Waals surface area (Å²) >= 11 is 3.17. The fourth-order valence-electron chi connectivity index (χ4n) is 1.90. The molecule has 1 aliphatic heterocycles. The minimum Gasteiger partial charge on any atom is -0.304 e. The fourth-order valence-corrected chi connectivity index (χ4v) is 2.15. The molecular formula is C12H16BrFN2. The number of piperazine rings is 1. The lowest BCUT2D eigenvalue weighted by atomic mass is 10.2. The molecular weight excluding hydrogens is 271 g/mol. The molecule has 0 saturated carbocycles. The van der Waals surface area contributed by atoms with Gasteiger partial charge in [-0.05, 0) is 40.7 Å². The van der Waals surface area contributed by atoms with Crippen LogP contribution in [0, 0.1) is 5.82 Å². The van der Waals surface area contributed by atoms with Crippen LogP contribution in [-0.2, 0) is 6.54 Å². The summed E-state index contributed by atoms with van der Waals surface area (Å²) < 4.78 is 13.9. The molecule has 0 aliphatic carbocycles. The van der Waals surface area contributed by atoms with E-state index in [9.17, 15) is 4.39 Å². The molecule has 0 bridgehead atoms. The van der Waals surface area contributed by atoms with Crippen molar-refractivity contribution in [1.29, 1.82) is 0 Å². The Hall–Kier alpha value is -0.450. The van der Waals surface area contributed by atoms with Gasteiger partial charge in [0.2, 0.25) is 0 Å². The first-order valence-electron chi connectivity index (χ1n) is 5.50. The molecule has 2 nitrogen and oxygen atoms in total. The quantitative estimate of drug-likeness (QED) is 0.824. The lowest BCUT2D eigenvalue weighted by molar-refractivity contribution is 0.148. The second-order valence-electron chi connectivity index (χ2n) is 4.33. The standard InChI is InChI=1S/C12H16BrFN2/c1-15-4-6-16(7-5-15)9-10-2-3-11(13)12(14)8-10/h2-3,8H,4-7,9H2,1H3. The summed E-state index contributed by atoms with van der Waals surface area (Å²) in [6, 6.07) is 5.37. The molecule has 0 N–H and O–H groups in total. The molecule has 1 saturated heterocycles. The van der Waals surface area contributed by atoms with Gasteiger partial charge in [-0.15, -0.1) is 0 Å². The predicted molar refractivity (Wildman–Crippen MR) is 66.9 cm³/mol. The highest BCUT2D eigenvalue weighted by molar-refractivity contribution is 9.10. The summed E-state index contributed by atoms with van der Waals surface area (Å²) in [4.78, 5) is 4.68. The molecule has 0 unspecified atom stereocenters. The van der Waals surface area contributed by atoms with Gasteiger partial charge in [0, 0.05) is 32.7 Å². The molecule has 1 fully saturated rings. The van der Waals surface area contributed by atoms with Crippen molar-refractivity contribution in [3.05, 3.63) is 34.1 Å². The van der Waals surface area contributed by atoms with Crippen molar-refractivity contribution < 1.29 is 4.39 Å². The Kier molecular flexibility index (Phi) is 3.95. The van der Waals surface area contributed by atoms with Gasteiger partial charge in [-0.2, -0.15) is 0 Å². The van der Waals surface area contributed by atoms with E-state index in [1.54, 1.807) is 12.1 Å². The van der Waals surface area contributed by atoms with E-state index in [4.69, 9.17) is 0 Å². The number of rotatable bonds is 2. The van der Waals surface area contributed by atoms with Crippen molar-refractivity contribution in [2.45, 2.75) is 6.54 Å². The smallest absolute Gasteiger partial charge is 0.137 e. The Balaban J connectivity index is 1.96. The molecule has 0 radical (unpaired) electrons. The minimum atomic E-state index is -0.174. The third-order valence-corrected chi connectivity index (χ3v) is 3.63. The zero-order valence-corrected chi connectivity index (χ0v) is 11.0. The minimum absolute atomic E-state index is 0.174. The molecule has 16 heavy (non-hydrogen) atoms. The molecule has 0 aromatic heterocycles. The molecule has 0 amide bonds. The van der Waals surface area contributed by atoms with E-state index >= 15 is 0 Å². The molecule has 1 aliphatic rings. The van der Waals surface area contributed by atoms with Crippen LogP contribution in [0.25, 0.3) is 0 Å². The summed E-state index contributed by atoms with van der Waals surface area (Å²) in [6.07, 6.45) is 0. The van der Waals surface area contributed by atoms with E-state index in [-0.39, 0.29) is 5.82 Å². The van der Waals surface area contributed by atoms with E-state index in [0.29, 0.717) is 4.47 Å². The lowest BCUT2D eigenvalue weighted by Gasteiger charge is -2.32. The van der Waals surface area contributed by atoms with E-state index in [1.807, 2.05) is 6.07 Å². The lowest BCUT2D eigenvalue weighted by Crippen LogP contribution is -2.43. The third-order valence-electron chi connectivity index (χ3n) is 2.99. The van der Waals surface area contributed by atoms with Crippen LogP contribution in [0.2, 0.25) is 0 Å². The topological polar surface area (TPSA) is 6.48 Å². The summed E-state index contributed by atoms with van der Waals surface area (Å²) in [5.74, 6) is -0.174. The van der Waals surface area contributed by atoms with E-state index in [1.165, 1.54) is 0 Å². The maximum Gasteiger partial charge on any atom is 0.137 e. The predicted octanol–water partition coefficient (Wildman–Crippen LogP) is 2.34. The highest BCUT2D eigenvalue weighted by Gasteiger charge is 2.14. The van der Waals surface area contributed by atoms with Gasteiger partial charge in [0.25, 0.3) is 0 Å². The molecule has 1 aromatic rings. The van der Waals surface area contributed by atoms with Crippen LogP contribution in [-0.4, -0.2) is 43.0 Å².